The van der Waals surface area contributed by atoms with Crippen LogP contribution in [0.15, 0.2) is 24.3 Å². The normalized spacial score (nSPS) is 19.4. The molecular formula is C14H19ClF3NO. The van der Waals surface area contributed by atoms with Crippen molar-refractivity contribution in [2.75, 3.05) is 0 Å². The fourth-order valence-electron chi connectivity index (χ4n) is 2.82. The first-order chi connectivity index (χ1) is 8.91. The topological polar surface area (TPSA) is 46.2 Å². The Labute approximate surface area is 122 Å². The number of hydrogen-bond donors (Lipinski definition) is 2. The first kappa shape index (κ1) is 17.3. The van der Waals surface area contributed by atoms with Crippen LogP contribution in [0.1, 0.15) is 42.9 Å². The molecule has 1 aliphatic carbocycles. The average Bonchev–Trinajstić information content (AvgIpc) is 2.90. The van der Waals surface area contributed by atoms with Gasteiger partial charge in [-0.25, -0.2) is 0 Å². The van der Waals surface area contributed by atoms with Crippen LogP contribution in [0.25, 0.3) is 0 Å². The lowest BCUT2D eigenvalue weighted by Crippen LogP contribution is -2.33. The molecule has 0 aromatic heterocycles. The second-order valence-corrected chi connectivity index (χ2v) is 5.15. The summed E-state index contributed by atoms with van der Waals surface area (Å²) in [6.07, 6.45) is -1.66. The summed E-state index contributed by atoms with van der Waals surface area (Å²) in [6, 6.07) is 4.23. The van der Waals surface area contributed by atoms with Crippen molar-refractivity contribution in [2.24, 2.45) is 11.7 Å². The Kier molecular flexibility index (Phi) is 5.86. The number of hydrogen-bond acceptors (Lipinski definition) is 2. The third-order valence-corrected chi connectivity index (χ3v) is 3.88. The molecule has 0 amide bonds. The molecule has 0 radical (unpaired) electrons. The molecule has 1 aliphatic rings. The molecule has 0 unspecified atom stereocenters. The number of nitrogens with two attached hydrogens (primary N) is 1. The second kappa shape index (κ2) is 6.78. The van der Waals surface area contributed by atoms with E-state index < -0.39 is 23.9 Å². The van der Waals surface area contributed by atoms with E-state index in [0.717, 1.165) is 31.7 Å². The Balaban J connectivity index is 0.00000200. The Morgan fingerprint density at radius 2 is 1.70 bits per heavy atom. The fraction of sp³-hybridized carbons (Fsp3) is 0.571. The zero-order valence-electron chi connectivity index (χ0n) is 10.9. The predicted octanol–water partition coefficient (Wildman–Crippen LogP) is 3.68. The largest absolute Gasteiger partial charge is 0.416 e. The Morgan fingerprint density at radius 3 is 2.25 bits per heavy atom. The Hall–Kier alpha value is -0.780. The van der Waals surface area contributed by atoms with Gasteiger partial charge in [-0.15, -0.1) is 12.4 Å². The Morgan fingerprint density at radius 1 is 1.15 bits per heavy atom. The highest BCUT2D eigenvalue weighted by Crippen LogP contribution is 2.38. The highest BCUT2D eigenvalue weighted by molar-refractivity contribution is 5.85. The number of aliphatic hydroxyl groups is 1. The van der Waals surface area contributed by atoms with Gasteiger partial charge in [-0.2, -0.15) is 13.2 Å². The molecule has 1 aromatic carbocycles. The van der Waals surface area contributed by atoms with E-state index in [0.29, 0.717) is 0 Å². The zero-order valence-corrected chi connectivity index (χ0v) is 11.8. The van der Waals surface area contributed by atoms with Crippen molar-refractivity contribution < 1.29 is 18.3 Å². The van der Waals surface area contributed by atoms with Crippen molar-refractivity contribution in [3.8, 4) is 0 Å². The standard InChI is InChI=1S/C14H18F3NO.ClH/c15-14(16,17)11-8-4-3-7-10(11)12(18)13(19)9-5-1-2-6-9;/h3-4,7-9,12-13,19H,1-2,5-6,18H2;1H/t12-,13+;/m0./s1. The summed E-state index contributed by atoms with van der Waals surface area (Å²) in [5.41, 5.74) is 5.10. The zero-order chi connectivity index (χ0) is 14.0. The van der Waals surface area contributed by atoms with Gasteiger partial charge in [0.2, 0.25) is 0 Å². The number of aliphatic hydroxyl groups excluding tert-OH is 1. The van der Waals surface area contributed by atoms with Crippen LogP contribution >= 0.6 is 12.4 Å². The minimum atomic E-state index is -4.44. The minimum Gasteiger partial charge on any atom is -0.391 e. The summed E-state index contributed by atoms with van der Waals surface area (Å²) in [5, 5.41) is 10.2. The Bertz CT molecular complexity index is 433. The van der Waals surface area contributed by atoms with Gasteiger partial charge < -0.3 is 10.8 Å². The van der Waals surface area contributed by atoms with E-state index in [9.17, 15) is 18.3 Å². The average molecular weight is 310 g/mol. The molecule has 0 bridgehead atoms. The summed E-state index contributed by atoms with van der Waals surface area (Å²) >= 11 is 0. The van der Waals surface area contributed by atoms with Crippen LogP contribution in [-0.2, 0) is 6.18 Å². The molecule has 114 valence electrons. The second-order valence-electron chi connectivity index (χ2n) is 5.15. The maximum Gasteiger partial charge on any atom is 0.416 e. The van der Waals surface area contributed by atoms with E-state index >= 15 is 0 Å². The van der Waals surface area contributed by atoms with Crippen molar-refractivity contribution in [2.45, 2.75) is 44.0 Å². The third kappa shape index (κ3) is 3.65. The van der Waals surface area contributed by atoms with Crippen molar-refractivity contribution in [1.82, 2.24) is 0 Å². The third-order valence-electron chi connectivity index (χ3n) is 3.88. The molecule has 3 N–H and O–H groups in total. The summed E-state index contributed by atoms with van der Waals surface area (Å²) < 4.78 is 38.7. The monoisotopic (exact) mass is 309 g/mol. The van der Waals surface area contributed by atoms with E-state index in [2.05, 4.69) is 0 Å². The van der Waals surface area contributed by atoms with Crippen LogP contribution < -0.4 is 5.73 Å². The molecule has 1 aromatic rings. The smallest absolute Gasteiger partial charge is 0.391 e. The molecule has 1 fully saturated rings. The van der Waals surface area contributed by atoms with E-state index in [-0.39, 0.29) is 23.9 Å². The minimum absolute atomic E-state index is 0. The van der Waals surface area contributed by atoms with Crippen molar-refractivity contribution in [3.63, 3.8) is 0 Å². The number of halogens is 4. The summed E-state index contributed by atoms with van der Waals surface area (Å²) in [5.74, 6) is 0.0105. The van der Waals surface area contributed by atoms with Gasteiger partial charge in [-0.1, -0.05) is 31.0 Å². The van der Waals surface area contributed by atoms with Crippen LogP contribution in [0.2, 0.25) is 0 Å². The summed E-state index contributed by atoms with van der Waals surface area (Å²) in [4.78, 5) is 0. The molecule has 0 heterocycles. The predicted molar refractivity (Wildman–Crippen MR) is 73.6 cm³/mol. The van der Waals surface area contributed by atoms with E-state index in [4.69, 9.17) is 5.73 Å². The van der Waals surface area contributed by atoms with E-state index in [1.165, 1.54) is 18.2 Å². The lowest BCUT2D eigenvalue weighted by atomic mass is 9.88. The molecule has 2 atom stereocenters. The molecule has 0 aliphatic heterocycles. The van der Waals surface area contributed by atoms with Gasteiger partial charge in [-0.3, -0.25) is 0 Å². The SMILES string of the molecule is Cl.N[C@@H](c1ccccc1C(F)(F)F)[C@H](O)C1CCCC1. The fourth-order valence-corrected chi connectivity index (χ4v) is 2.82. The number of rotatable bonds is 3. The van der Waals surface area contributed by atoms with E-state index in [1.54, 1.807) is 0 Å². The van der Waals surface area contributed by atoms with E-state index in [1.807, 2.05) is 0 Å². The van der Waals surface area contributed by atoms with Crippen LogP contribution in [0, 0.1) is 5.92 Å². The van der Waals surface area contributed by atoms with Gasteiger partial charge in [0.1, 0.15) is 0 Å². The number of alkyl halides is 3. The molecule has 6 heteroatoms. The molecule has 0 saturated heterocycles. The molecule has 0 spiro atoms. The maximum atomic E-state index is 12.9. The van der Waals surface area contributed by atoms with Gasteiger partial charge in [0, 0.05) is 0 Å². The quantitative estimate of drug-likeness (QED) is 0.894. The molecule has 20 heavy (non-hydrogen) atoms. The summed E-state index contributed by atoms with van der Waals surface area (Å²) in [7, 11) is 0. The maximum absolute atomic E-state index is 12.9. The van der Waals surface area contributed by atoms with Crippen LogP contribution in [0.5, 0.6) is 0 Å². The van der Waals surface area contributed by atoms with Crippen LogP contribution in [0.4, 0.5) is 13.2 Å². The van der Waals surface area contributed by atoms with Crippen molar-refractivity contribution in [1.29, 1.82) is 0 Å². The molecular weight excluding hydrogens is 291 g/mol. The molecule has 2 rings (SSSR count). The molecule has 2 nitrogen and oxygen atoms in total. The lowest BCUT2D eigenvalue weighted by Gasteiger charge is -2.26. The van der Waals surface area contributed by atoms with Gasteiger partial charge in [0.05, 0.1) is 17.7 Å². The first-order valence-corrected chi connectivity index (χ1v) is 6.51. The number of benzene rings is 1. The highest BCUT2D eigenvalue weighted by Gasteiger charge is 2.37. The van der Waals surface area contributed by atoms with Gasteiger partial charge in [0.25, 0.3) is 0 Å². The lowest BCUT2D eigenvalue weighted by molar-refractivity contribution is -0.138. The van der Waals surface area contributed by atoms with Gasteiger partial charge >= 0.3 is 6.18 Å². The van der Waals surface area contributed by atoms with Crippen LogP contribution in [0.3, 0.4) is 0 Å². The van der Waals surface area contributed by atoms with Crippen molar-refractivity contribution >= 4 is 12.4 Å². The van der Waals surface area contributed by atoms with Crippen molar-refractivity contribution in [3.05, 3.63) is 35.4 Å². The summed E-state index contributed by atoms with van der Waals surface area (Å²) in [6.45, 7) is 0. The van der Waals surface area contributed by atoms with Gasteiger partial charge in [0.15, 0.2) is 0 Å². The highest BCUT2D eigenvalue weighted by atomic mass is 35.5. The van der Waals surface area contributed by atoms with Crippen LogP contribution in [-0.4, -0.2) is 11.2 Å². The van der Waals surface area contributed by atoms with Gasteiger partial charge in [-0.05, 0) is 30.4 Å². The molecule has 1 saturated carbocycles. The first-order valence-electron chi connectivity index (χ1n) is 6.51.